The van der Waals surface area contributed by atoms with Gasteiger partial charge in [0.2, 0.25) is 0 Å². The summed E-state index contributed by atoms with van der Waals surface area (Å²) < 4.78 is 23.8. The van der Waals surface area contributed by atoms with E-state index in [1.807, 2.05) is 0 Å². The van der Waals surface area contributed by atoms with E-state index in [-0.39, 0.29) is 5.82 Å². The molecule has 0 bridgehead atoms. The Hall–Kier alpha value is -2.33. The highest BCUT2D eigenvalue weighted by Gasteiger charge is 2.16. The molecule has 1 heterocycles. The fraction of sp³-hybridized carbons (Fsp3) is 0.125. The molecule has 102 valence electrons. The number of benzene rings is 2. The van der Waals surface area contributed by atoms with Gasteiger partial charge < -0.3 is 14.3 Å². The molecule has 1 aromatic heterocycles. The second-order valence-corrected chi connectivity index (χ2v) is 4.51. The lowest BCUT2D eigenvalue weighted by molar-refractivity contribution is 0.192. The molecule has 0 fully saturated rings. The van der Waals surface area contributed by atoms with E-state index in [0.29, 0.717) is 28.0 Å². The highest BCUT2D eigenvalue weighted by Crippen LogP contribution is 2.30. The molecule has 0 aliphatic rings. The van der Waals surface area contributed by atoms with Crippen LogP contribution in [0.1, 0.15) is 17.4 Å². The number of ether oxygens (including phenoxy) is 1. The Labute approximate surface area is 115 Å². The second kappa shape index (κ2) is 4.98. The van der Waals surface area contributed by atoms with Crippen LogP contribution in [0.4, 0.5) is 4.39 Å². The van der Waals surface area contributed by atoms with E-state index in [1.54, 1.807) is 43.5 Å². The monoisotopic (exact) mass is 272 g/mol. The van der Waals surface area contributed by atoms with Crippen molar-refractivity contribution < 1.29 is 18.7 Å². The fourth-order valence-corrected chi connectivity index (χ4v) is 2.15. The van der Waals surface area contributed by atoms with Gasteiger partial charge in [-0.15, -0.1) is 0 Å². The van der Waals surface area contributed by atoms with E-state index in [4.69, 9.17) is 9.15 Å². The summed E-state index contributed by atoms with van der Waals surface area (Å²) in [5.74, 6) is 0.697. The minimum absolute atomic E-state index is 0.333. The molecule has 0 aliphatic heterocycles. The molecule has 0 saturated heterocycles. The number of hydrogen-bond donors (Lipinski definition) is 1. The molecule has 0 spiro atoms. The van der Waals surface area contributed by atoms with Gasteiger partial charge in [0.25, 0.3) is 0 Å². The summed E-state index contributed by atoms with van der Waals surface area (Å²) in [7, 11) is 1.56. The number of rotatable bonds is 3. The van der Waals surface area contributed by atoms with E-state index < -0.39 is 6.10 Å². The van der Waals surface area contributed by atoms with Crippen molar-refractivity contribution in [3.63, 3.8) is 0 Å². The minimum atomic E-state index is -0.916. The highest BCUT2D eigenvalue weighted by molar-refractivity contribution is 5.78. The largest absolute Gasteiger partial charge is 0.497 e. The van der Waals surface area contributed by atoms with Crippen molar-refractivity contribution in [2.45, 2.75) is 6.10 Å². The topological polar surface area (TPSA) is 42.6 Å². The smallest absolute Gasteiger partial charge is 0.138 e. The van der Waals surface area contributed by atoms with Crippen LogP contribution in [0.2, 0.25) is 0 Å². The predicted octanol–water partition coefficient (Wildman–Crippen LogP) is 3.66. The Kier molecular flexibility index (Phi) is 3.16. The predicted molar refractivity (Wildman–Crippen MR) is 73.2 cm³/mol. The van der Waals surface area contributed by atoms with Crippen LogP contribution in [0, 0.1) is 5.82 Å². The Balaban J connectivity index is 2.00. The zero-order valence-corrected chi connectivity index (χ0v) is 10.8. The van der Waals surface area contributed by atoms with Gasteiger partial charge in [-0.3, -0.25) is 0 Å². The Morgan fingerprint density at radius 3 is 2.80 bits per heavy atom. The van der Waals surface area contributed by atoms with Gasteiger partial charge in [-0.1, -0.05) is 12.1 Å². The zero-order chi connectivity index (χ0) is 14.1. The summed E-state index contributed by atoms with van der Waals surface area (Å²) in [5.41, 5.74) is 1.20. The Morgan fingerprint density at radius 1 is 1.15 bits per heavy atom. The van der Waals surface area contributed by atoms with Crippen molar-refractivity contribution in [2.75, 3.05) is 7.11 Å². The van der Waals surface area contributed by atoms with Crippen molar-refractivity contribution in [3.8, 4) is 5.75 Å². The van der Waals surface area contributed by atoms with Crippen LogP contribution in [0.25, 0.3) is 11.0 Å². The van der Waals surface area contributed by atoms with E-state index >= 15 is 0 Å². The van der Waals surface area contributed by atoms with Crippen LogP contribution in [0.3, 0.4) is 0 Å². The van der Waals surface area contributed by atoms with Crippen molar-refractivity contribution in [3.05, 3.63) is 65.7 Å². The third-order valence-corrected chi connectivity index (χ3v) is 3.18. The lowest BCUT2D eigenvalue weighted by Gasteiger charge is -2.09. The molecule has 0 aliphatic carbocycles. The molecule has 2 aromatic carbocycles. The molecule has 1 unspecified atom stereocenters. The highest BCUT2D eigenvalue weighted by atomic mass is 19.1. The number of aliphatic hydroxyl groups is 1. The Morgan fingerprint density at radius 2 is 2.00 bits per heavy atom. The number of fused-ring (bicyclic) bond motifs is 1. The first-order valence-corrected chi connectivity index (χ1v) is 6.18. The third kappa shape index (κ3) is 2.26. The standard InChI is InChI=1S/C16H13FO3/c1-19-13-4-2-3-10(8-13)16(18)15-9-11-7-12(17)5-6-14(11)20-15/h2-9,16,18H,1H3. The van der Waals surface area contributed by atoms with Crippen molar-refractivity contribution >= 4 is 11.0 Å². The fourth-order valence-electron chi connectivity index (χ4n) is 2.15. The molecule has 0 saturated carbocycles. The molecule has 0 radical (unpaired) electrons. The number of aliphatic hydroxyl groups excluding tert-OH is 1. The zero-order valence-electron chi connectivity index (χ0n) is 10.8. The summed E-state index contributed by atoms with van der Waals surface area (Å²) in [5, 5.41) is 11.0. The van der Waals surface area contributed by atoms with Crippen LogP contribution in [0.15, 0.2) is 52.9 Å². The van der Waals surface area contributed by atoms with E-state index in [2.05, 4.69) is 0 Å². The summed E-state index contributed by atoms with van der Waals surface area (Å²) in [6.07, 6.45) is -0.916. The van der Waals surface area contributed by atoms with Crippen molar-refractivity contribution in [1.82, 2.24) is 0 Å². The van der Waals surface area contributed by atoms with Gasteiger partial charge in [0.05, 0.1) is 7.11 Å². The third-order valence-electron chi connectivity index (χ3n) is 3.18. The molecule has 4 heteroatoms. The van der Waals surface area contributed by atoms with E-state index in [0.717, 1.165) is 0 Å². The van der Waals surface area contributed by atoms with E-state index in [9.17, 15) is 9.50 Å². The number of methoxy groups -OCH3 is 1. The average molecular weight is 272 g/mol. The molecule has 20 heavy (non-hydrogen) atoms. The summed E-state index contributed by atoms with van der Waals surface area (Å²) >= 11 is 0. The van der Waals surface area contributed by atoms with E-state index in [1.165, 1.54) is 12.1 Å². The molecule has 1 N–H and O–H groups in total. The maximum atomic E-state index is 13.1. The molecule has 3 rings (SSSR count). The van der Waals surface area contributed by atoms with Gasteiger partial charge in [-0.25, -0.2) is 4.39 Å². The first kappa shape index (κ1) is 12.7. The van der Waals surface area contributed by atoms with Crippen molar-refractivity contribution in [1.29, 1.82) is 0 Å². The van der Waals surface area contributed by atoms with Crippen LogP contribution in [-0.2, 0) is 0 Å². The van der Waals surface area contributed by atoms with Gasteiger partial charge in [0.15, 0.2) is 0 Å². The molecule has 1 atom stereocenters. The SMILES string of the molecule is COc1cccc(C(O)c2cc3cc(F)ccc3o2)c1. The van der Waals surface area contributed by atoms with Gasteiger partial charge in [-0.2, -0.15) is 0 Å². The quantitative estimate of drug-likeness (QED) is 0.791. The van der Waals surface area contributed by atoms with Crippen LogP contribution in [0.5, 0.6) is 5.75 Å². The van der Waals surface area contributed by atoms with Gasteiger partial charge in [-0.05, 0) is 42.0 Å². The molecular weight excluding hydrogens is 259 g/mol. The molecule has 3 nitrogen and oxygen atoms in total. The van der Waals surface area contributed by atoms with Gasteiger partial charge >= 0.3 is 0 Å². The minimum Gasteiger partial charge on any atom is -0.497 e. The molecular formula is C16H13FO3. The lowest BCUT2D eigenvalue weighted by atomic mass is 10.1. The normalized spacial score (nSPS) is 12.6. The van der Waals surface area contributed by atoms with Crippen molar-refractivity contribution in [2.24, 2.45) is 0 Å². The second-order valence-electron chi connectivity index (χ2n) is 4.51. The lowest BCUT2D eigenvalue weighted by Crippen LogP contribution is -1.98. The number of furan rings is 1. The summed E-state index contributed by atoms with van der Waals surface area (Å²) in [6, 6.07) is 13.0. The first-order chi connectivity index (χ1) is 9.67. The summed E-state index contributed by atoms with van der Waals surface area (Å²) in [6.45, 7) is 0. The maximum Gasteiger partial charge on any atom is 0.138 e. The maximum absolute atomic E-state index is 13.1. The van der Waals surface area contributed by atoms with Gasteiger partial charge in [0.1, 0.15) is 29.0 Å². The molecule has 0 amide bonds. The average Bonchev–Trinajstić information content (AvgIpc) is 2.89. The first-order valence-electron chi connectivity index (χ1n) is 6.18. The number of halogens is 1. The van der Waals surface area contributed by atoms with Crippen LogP contribution < -0.4 is 4.74 Å². The van der Waals surface area contributed by atoms with Crippen LogP contribution >= 0.6 is 0 Å². The van der Waals surface area contributed by atoms with Crippen LogP contribution in [-0.4, -0.2) is 12.2 Å². The van der Waals surface area contributed by atoms with Gasteiger partial charge in [0, 0.05) is 5.39 Å². The Bertz CT molecular complexity index is 748. The number of hydrogen-bond acceptors (Lipinski definition) is 3. The molecule has 3 aromatic rings. The summed E-state index contributed by atoms with van der Waals surface area (Å²) in [4.78, 5) is 0.